The minimum absolute atomic E-state index is 0.176. The summed E-state index contributed by atoms with van der Waals surface area (Å²) < 4.78 is 21.9. The van der Waals surface area contributed by atoms with E-state index in [0.29, 0.717) is 42.1 Å². The van der Waals surface area contributed by atoms with E-state index in [1.54, 1.807) is 0 Å². The van der Waals surface area contributed by atoms with E-state index in [1.165, 1.54) is 30.3 Å². The fourth-order valence-electron chi connectivity index (χ4n) is 2.51. The molecule has 0 amide bonds. The van der Waals surface area contributed by atoms with Crippen LogP contribution in [0.5, 0.6) is 17.2 Å². The third-order valence-electron chi connectivity index (χ3n) is 3.71. The van der Waals surface area contributed by atoms with Crippen LogP contribution in [-0.2, 0) is 4.74 Å². The van der Waals surface area contributed by atoms with Crippen LogP contribution in [0.15, 0.2) is 30.3 Å². The summed E-state index contributed by atoms with van der Waals surface area (Å²) in [6.07, 6.45) is 0. The molecule has 0 spiro atoms. The van der Waals surface area contributed by atoms with Gasteiger partial charge in [-0.1, -0.05) is 23.2 Å². The van der Waals surface area contributed by atoms with E-state index in [0.717, 1.165) is 0 Å². The molecule has 0 saturated heterocycles. The number of halogens is 2. The number of carbonyl (C=O) groups is 2. The van der Waals surface area contributed by atoms with E-state index in [-0.39, 0.29) is 16.1 Å². The Hall–Kier alpha value is -2.44. The maximum absolute atomic E-state index is 12.5. The number of hydrogen-bond acceptors (Lipinski definition) is 6. The van der Waals surface area contributed by atoms with Gasteiger partial charge >= 0.3 is 5.97 Å². The van der Waals surface area contributed by atoms with Gasteiger partial charge in [0.1, 0.15) is 0 Å². The Balaban J connectivity index is 2.21. The molecule has 0 unspecified atom stereocenters. The van der Waals surface area contributed by atoms with Crippen LogP contribution in [0.3, 0.4) is 0 Å². The highest BCUT2D eigenvalue weighted by Gasteiger charge is 2.20. The molecule has 156 valence electrons. The fraction of sp³-hybridized carbons (Fsp3) is 0.333. The lowest BCUT2D eigenvalue weighted by atomic mass is 10.1. The Morgan fingerprint density at radius 1 is 0.862 bits per heavy atom. The molecule has 0 saturated carbocycles. The average molecular weight is 441 g/mol. The van der Waals surface area contributed by atoms with E-state index in [1.807, 2.05) is 20.8 Å². The number of Topliss-reactive ketones (excluding diaryl/α,β-unsaturated/α-hetero) is 1. The molecule has 0 N–H and O–H groups in total. The number of benzene rings is 2. The molecule has 6 nitrogen and oxygen atoms in total. The van der Waals surface area contributed by atoms with Crippen molar-refractivity contribution in [2.75, 3.05) is 26.4 Å². The molecule has 2 aromatic rings. The lowest BCUT2D eigenvalue weighted by molar-refractivity contribution is 0.0474. The van der Waals surface area contributed by atoms with Crippen LogP contribution in [0.1, 0.15) is 41.5 Å². The van der Waals surface area contributed by atoms with E-state index < -0.39 is 18.4 Å². The topological polar surface area (TPSA) is 71.1 Å². The summed E-state index contributed by atoms with van der Waals surface area (Å²) in [5.41, 5.74) is 0.399. The minimum atomic E-state index is -0.701. The fourth-order valence-corrected chi connectivity index (χ4v) is 3.03. The molecule has 0 heterocycles. The zero-order chi connectivity index (χ0) is 21.4. The molecule has 0 fully saturated rings. The predicted octanol–water partition coefficient (Wildman–Crippen LogP) is 5.23. The third-order valence-corrected chi connectivity index (χ3v) is 4.26. The molecular weight excluding hydrogens is 419 g/mol. The summed E-state index contributed by atoms with van der Waals surface area (Å²) in [6, 6.07) is 7.47. The van der Waals surface area contributed by atoms with Crippen molar-refractivity contribution in [1.82, 2.24) is 0 Å². The highest BCUT2D eigenvalue weighted by atomic mass is 35.5. The van der Waals surface area contributed by atoms with Crippen LogP contribution in [-0.4, -0.2) is 38.2 Å². The highest BCUT2D eigenvalue weighted by molar-refractivity contribution is 6.36. The van der Waals surface area contributed by atoms with Crippen molar-refractivity contribution in [2.24, 2.45) is 0 Å². The number of hydrogen-bond donors (Lipinski definition) is 0. The van der Waals surface area contributed by atoms with Gasteiger partial charge in [-0.15, -0.1) is 0 Å². The molecule has 0 aromatic heterocycles. The molecule has 0 bridgehead atoms. The van der Waals surface area contributed by atoms with Crippen molar-refractivity contribution in [3.63, 3.8) is 0 Å². The first-order valence-electron chi connectivity index (χ1n) is 9.13. The van der Waals surface area contributed by atoms with Gasteiger partial charge in [0.15, 0.2) is 18.1 Å². The Labute approximate surface area is 179 Å². The first-order valence-corrected chi connectivity index (χ1v) is 9.88. The van der Waals surface area contributed by atoms with E-state index >= 15 is 0 Å². The number of ketones is 1. The SMILES string of the molecule is CCOc1cc(C(=O)OCC(=O)c2ccc(Cl)cc2Cl)cc(OCC)c1OCC. The maximum atomic E-state index is 12.5. The molecule has 0 aliphatic carbocycles. The van der Waals surface area contributed by atoms with Gasteiger partial charge in [0, 0.05) is 10.6 Å². The summed E-state index contributed by atoms with van der Waals surface area (Å²) in [6.45, 7) is 6.14. The van der Waals surface area contributed by atoms with E-state index in [4.69, 9.17) is 42.1 Å². The van der Waals surface area contributed by atoms with Crippen LogP contribution in [0.2, 0.25) is 10.0 Å². The largest absolute Gasteiger partial charge is 0.490 e. The lowest BCUT2D eigenvalue weighted by Crippen LogP contribution is -2.15. The summed E-state index contributed by atoms with van der Waals surface area (Å²) in [5, 5.41) is 0.599. The standard InChI is InChI=1S/C21H22Cl2O6/c1-4-26-18-9-13(10-19(27-5-2)20(18)28-6-3)21(25)29-12-17(24)15-8-7-14(22)11-16(15)23/h7-11H,4-6,12H2,1-3H3. The van der Waals surface area contributed by atoms with Crippen molar-refractivity contribution in [3.8, 4) is 17.2 Å². The van der Waals surface area contributed by atoms with E-state index in [2.05, 4.69) is 0 Å². The molecule has 0 aliphatic heterocycles. The quantitative estimate of drug-likeness (QED) is 0.372. The Morgan fingerprint density at radius 3 is 1.97 bits per heavy atom. The molecule has 29 heavy (non-hydrogen) atoms. The maximum Gasteiger partial charge on any atom is 0.338 e. The average Bonchev–Trinajstić information content (AvgIpc) is 2.68. The smallest absolute Gasteiger partial charge is 0.338 e. The van der Waals surface area contributed by atoms with Crippen molar-refractivity contribution in [3.05, 3.63) is 51.5 Å². The molecule has 8 heteroatoms. The van der Waals surface area contributed by atoms with Gasteiger partial charge in [-0.2, -0.15) is 0 Å². The Kier molecular flexibility index (Phi) is 8.61. The van der Waals surface area contributed by atoms with Crippen molar-refractivity contribution < 1.29 is 28.5 Å². The third kappa shape index (κ3) is 6.02. The van der Waals surface area contributed by atoms with Crippen molar-refractivity contribution in [1.29, 1.82) is 0 Å². The number of ether oxygens (including phenoxy) is 4. The van der Waals surface area contributed by atoms with Crippen LogP contribution in [0.25, 0.3) is 0 Å². The first-order chi connectivity index (χ1) is 13.9. The summed E-state index contributed by atoms with van der Waals surface area (Å²) >= 11 is 11.9. The second-order valence-electron chi connectivity index (χ2n) is 5.72. The number of rotatable bonds is 10. The van der Waals surface area contributed by atoms with Crippen LogP contribution in [0.4, 0.5) is 0 Å². The normalized spacial score (nSPS) is 10.4. The van der Waals surface area contributed by atoms with Gasteiger partial charge in [-0.25, -0.2) is 4.79 Å². The summed E-state index contributed by atoms with van der Waals surface area (Å²) in [4.78, 5) is 24.8. The number of carbonyl (C=O) groups excluding carboxylic acids is 2. The van der Waals surface area contributed by atoms with Gasteiger partial charge in [0.25, 0.3) is 0 Å². The molecular formula is C21H22Cl2O6. The zero-order valence-electron chi connectivity index (χ0n) is 16.4. The molecule has 0 aliphatic rings. The summed E-state index contributed by atoms with van der Waals surface area (Å²) in [7, 11) is 0. The molecule has 2 aromatic carbocycles. The monoisotopic (exact) mass is 440 g/mol. The zero-order valence-corrected chi connectivity index (χ0v) is 17.9. The van der Waals surface area contributed by atoms with E-state index in [9.17, 15) is 9.59 Å². The first kappa shape index (κ1) is 22.8. The minimum Gasteiger partial charge on any atom is -0.490 e. The Morgan fingerprint density at radius 2 is 1.45 bits per heavy atom. The highest BCUT2D eigenvalue weighted by Crippen LogP contribution is 2.39. The molecule has 2 rings (SSSR count). The Bertz CT molecular complexity index is 854. The van der Waals surface area contributed by atoms with Crippen molar-refractivity contribution in [2.45, 2.75) is 20.8 Å². The predicted molar refractivity (Wildman–Crippen MR) is 111 cm³/mol. The van der Waals surface area contributed by atoms with Crippen molar-refractivity contribution >= 4 is 35.0 Å². The second kappa shape index (κ2) is 10.9. The van der Waals surface area contributed by atoms with Gasteiger partial charge < -0.3 is 18.9 Å². The second-order valence-corrected chi connectivity index (χ2v) is 6.57. The van der Waals surface area contributed by atoms with Crippen LogP contribution < -0.4 is 14.2 Å². The molecule has 0 radical (unpaired) electrons. The molecule has 0 atom stereocenters. The summed E-state index contributed by atoms with van der Waals surface area (Å²) in [5.74, 6) is -0.00942. The van der Waals surface area contributed by atoms with Gasteiger partial charge in [0.2, 0.25) is 11.5 Å². The van der Waals surface area contributed by atoms with Crippen LogP contribution >= 0.6 is 23.2 Å². The van der Waals surface area contributed by atoms with Gasteiger partial charge in [-0.05, 0) is 51.1 Å². The number of esters is 1. The van der Waals surface area contributed by atoms with Gasteiger partial charge in [-0.3, -0.25) is 4.79 Å². The lowest BCUT2D eigenvalue weighted by Gasteiger charge is -2.16. The van der Waals surface area contributed by atoms with Gasteiger partial charge in [0.05, 0.1) is 30.4 Å². The van der Waals surface area contributed by atoms with Crippen LogP contribution in [0, 0.1) is 0 Å².